The van der Waals surface area contributed by atoms with Crippen LogP contribution in [0.4, 0.5) is 5.69 Å². The van der Waals surface area contributed by atoms with Crippen molar-refractivity contribution in [2.45, 2.75) is 31.3 Å². The summed E-state index contributed by atoms with van der Waals surface area (Å²) in [5.41, 5.74) is 1.15. The predicted molar refractivity (Wildman–Crippen MR) is 114 cm³/mol. The number of hydrogen-bond acceptors (Lipinski definition) is 5. The maximum Gasteiger partial charge on any atom is 0.275 e. The smallest absolute Gasteiger partial charge is 0.275 e. The number of nitrogens with zero attached hydrogens (tertiary/aromatic N) is 2. The maximum absolute atomic E-state index is 13.2. The van der Waals surface area contributed by atoms with Gasteiger partial charge in [0, 0.05) is 29.4 Å². The Bertz CT molecular complexity index is 959. The van der Waals surface area contributed by atoms with Gasteiger partial charge in [-0.05, 0) is 25.7 Å². The van der Waals surface area contributed by atoms with Crippen LogP contribution in [-0.4, -0.2) is 48.9 Å². The first kappa shape index (κ1) is 19.9. The molecule has 30 heavy (non-hydrogen) atoms. The summed E-state index contributed by atoms with van der Waals surface area (Å²) in [5, 5.41) is 2.86. The molecule has 4 rings (SSSR count). The van der Waals surface area contributed by atoms with E-state index in [0.29, 0.717) is 22.9 Å². The second-order valence-electron chi connectivity index (χ2n) is 7.56. The number of amides is 2. The Kier molecular flexibility index (Phi) is 5.44. The lowest BCUT2D eigenvalue weighted by atomic mass is 10.1. The number of nitrogens with one attached hydrogen (secondary N) is 1. The standard InChI is InChI=1S/C23H25N3O4/c1-29-18-12-17(13-19(14-18)30-2)24-20(27)15-26-22(28)21(16-8-4-3-5-9-16)25-23(26)10-6-7-11-23/h3-5,8-9,12-14H,6-7,10-11,15H2,1-2H3,(H,24,27). The third-order valence-corrected chi connectivity index (χ3v) is 5.66. The van der Waals surface area contributed by atoms with Gasteiger partial charge in [0.1, 0.15) is 29.4 Å². The predicted octanol–water partition coefficient (Wildman–Crippen LogP) is 3.24. The van der Waals surface area contributed by atoms with Gasteiger partial charge in [-0.1, -0.05) is 30.3 Å². The number of rotatable bonds is 6. The largest absolute Gasteiger partial charge is 0.497 e. The molecule has 2 amide bonds. The van der Waals surface area contributed by atoms with E-state index in [2.05, 4.69) is 5.32 Å². The van der Waals surface area contributed by atoms with Gasteiger partial charge in [0.05, 0.1) is 14.2 Å². The van der Waals surface area contributed by atoms with Crippen molar-refractivity contribution in [2.24, 2.45) is 4.99 Å². The summed E-state index contributed by atoms with van der Waals surface area (Å²) in [6, 6.07) is 14.6. The molecule has 0 unspecified atom stereocenters. The first-order valence-electron chi connectivity index (χ1n) is 10.0. The van der Waals surface area contributed by atoms with Crippen molar-refractivity contribution < 1.29 is 19.1 Å². The van der Waals surface area contributed by atoms with Gasteiger partial charge in [0.2, 0.25) is 5.91 Å². The van der Waals surface area contributed by atoms with Crippen LogP contribution >= 0.6 is 0 Å². The van der Waals surface area contributed by atoms with Crippen molar-refractivity contribution in [3.8, 4) is 11.5 Å². The van der Waals surface area contributed by atoms with Crippen molar-refractivity contribution in [1.29, 1.82) is 0 Å². The van der Waals surface area contributed by atoms with E-state index in [1.807, 2.05) is 30.3 Å². The average molecular weight is 407 g/mol. The van der Waals surface area contributed by atoms with Gasteiger partial charge >= 0.3 is 0 Å². The summed E-state index contributed by atoms with van der Waals surface area (Å²) in [5.74, 6) is 0.670. The van der Waals surface area contributed by atoms with Gasteiger partial charge in [0.25, 0.3) is 5.91 Å². The summed E-state index contributed by atoms with van der Waals surface area (Å²) in [7, 11) is 3.10. The van der Waals surface area contributed by atoms with Crippen molar-refractivity contribution in [1.82, 2.24) is 4.90 Å². The maximum atomic E-state index is 13.2. The van der Waals surface area contributed by atoms with Crippen molar-refractivity contribution >= 4 is 23.2 Å². The molecule has 0 atom stereocenters. The first-order chi connectivity index (χ1) is 14.5. The summed E-state index contributed by atoms with van der Waals surface area (Å²) < 4.78 is 10.5. The Morgan fingerprint density at radius 3 is 2.30 bits per heavy atom. The molecule has 1 fully saturated rings. The fourth-order valence-corrected chi connectivity index (χ4v) is 4.18. The van der Waals surface area contributed by atoms with Crippen LogP contribution in [0.3, 0.4) is 0 Å². The molecule has 1 aliphatic carbocycles. The van der Waals surface area contributed by atoms with E-state index in [-0.39, 0.29) is 18.4 Å². The molecule has 0 bridgehead atoms. The minimum absolute atomic E-state index is 0.0573. The molecule has 1 saturated carbocycles. The van der Waals surface area contributed by atoms with Gasteiger partial charge in [0.15, 0.2) is 0 Å². The zero-order valence-corrected chi connectivity index (χ0v) is 17.2. The van der Waals surface area contributed by atoms with Crippen LogP contribution in [0, 0.1) is 0 Å². The average Bonchev–Trinajstić information content (AvgIpc) is 3.34. The van der Waals surface area contributed by atoms with Crippen LogP contribution in [0.1, 0.15) is 31.2 Å². The highest BCUT2D eigenvalue weighted by molar-refractivity contribution is 6.47. The van der Waals surface area contributed by atoms with E-state index in [1.54, 1.807) is 37.3 Å². The lowest BCUT2D eigenvalue weighted by molar-refractivity contribution is -0.132. The van der Waals surface area contributed by atoms with E-state index in [9.17, 15) is 9.59 Å². The number of ether oxygens (including phenoxy) is 2. The highest BCUT2D eigenvalue weighted by atomic mass is 16.5. The number of aliphatic imine (C=N–C) groups is 1. The molecule has 2 aliphatic rings. The SMILES string of the molecule is COc1cc(NC(=O)CN2C(=O)C(c3ccccc3)=NC23CCCC3)cc(OC)c1. The number of carbonyl (C=O) groups excluding carboxylic acids is 2. The van der Waals surface area contributed by atoms with Gasteiger partial charge < -0.3 is 19.7 Å². The molecule has 156 valence electrons. The van der Waals surface area contributed by atoms with E-state index in [4.69, 9.17) is 14.5 Å². The molecule has 1 spiro atoms. The number of hydrogen-bond donors (Lipinski definition) is 1. The fraction of sp³-hybridized carbons (Fsp3) is 0.348. The summed E-state index contributed by atoms with van der Waals surface area (Å²) in [6.45, 7) is -0.0573. The zero-order valence-electron chi connectivity index (χ0n) is 17.2. The molecule has 0 aromatic heterocycles. The van der Waals surface area contributed by atoms with Crippen LogP contribution < -0.4 is 14.8 Å². The third-order valence-electron chi connectivity index (χ3n) is 5.66. The Hall–Kier alpha value is -3.35. The molecular weight excluding hydrogens is 382 g/mol. The quantitative estimate of drug-likeness (QED) is 0.797. The minimum Gasteiger partial charge on any atom is -0.497 e. The van der Waals surface area contributed by atoms with Crippen molar-refractivity contribution in [3.05, 3.63) is 54.1 Å². The zero-order chi connectivity index (χ0) is 21.1. The molecule has 0 radical (unpaired) electrons. The molecule has 1 N–H and O–H groups in total. The number of carbonyl (C=O) groups is 2. The summed E-state index contributed by atoms with van der Waals surface area (Å²) >= 11 is 0. The van der Waals surface area contributed by atoms with Crippen LogP contribution in [0.5, 0.6) is 11.5 Å². The lowest BCUT2D eigenvalue weighted by Crippen LogP contribution is -2.48. The van der Waals surface area contributed by atoms with E-state index >= 15 is 0 Å². The van der Waals surface area contributed by atoms with Crippen molar-refractivity contribution in [3.63, 3.8) is 0 Å². The van der Waals surface area contributed by atoms with Gasteiger partial charge in [-0.15, -0.1) is 0 Å². The Balaban J connectivity index is 1.55. The number of methoxy groups -OCH3 is 2. The van der Waals surface area contributed by atoms with Crippen LogP contribution in [0.15, 0.2) is 53.5 Å². The van der Waals surface area contributed by atoms with Crippen LogP contribution in [0.2, 0.25) is 0 Å². The first-order valence-corrected chi connectivity index (χ1v) is 10.0. The van der Waals surface area contributed by atoms with Crippen molar-refractivity contribution in [2.75, 3.05) is 26.1 Å². The molecule has 2 aromatic rings. The highest BCUT2D eigenvalue weighted by Gasteiger charge is 2.49. The van der Waals surface area contributed by atoms with Crippen LogP contribution in [-0.2, 0) is 9.59 Å². The molecule has 0 saturated heterocycles. The summed E-state index contributed by atoms with van der Waals surface area (Å²) in [6.07, 6.45) is 3.53. The number of anilines is 1. The molecule has 7 nitrogen and oxygen atoms in total. The fourth-order valence-electron chi connectivity index (χ4n) is 4.18. The minimum atomic E-state index is -0.619. The lowest BCUT2D eigenvalue weighted by Gasteiger charge is -2.32. The molecule has 7 heteroatoms. The molecule has 1 aliphatic heterocycles. The molecular formula is C23H25N3O4. The second-order valence-corrected chi connectivity index (χ2v) is 7.56. The second kappa shape index (κ2) is 8.18. The monoisotopic (exact) mass is 407 g/mol. The Morgan fingerprint density at radius 2 is 1.70 bits per heavy atom. The number of benzene rings is 2. The molecule has 1 heterocycles. The van der Waals surface area contributed by atoms with Gasteiger partial charge in [-0.3, -0.25) is 14.6 Å². The summed E-state index contributed by atoms with van der Waals surface area (Å²) in [4.78, 5) is 32.6. The topological polar surface area (TPSA) is 80.2 Å². The Morgan fingerprint density at radius 1 is 1.07 bits per heavy atom. The third kappa shape index (κ3) is 3.75. The Labute approximate surface area is 175 Å². The van der Waals surface area contributed by atoms with E-state index in [0.717, 1.165) is 31.2 Å². The highest BCUT2D eigenvalue weighted by Crippen LogP contribution is 2.41. The van der Waals surface area contributed by atoms with E-state index < -0.39 is 5.66 Å². The van der Waals surface area contributed by atoms with Gasteiger partial charge in [-0.25, -0.2) is 0 Å². The van der Waals surface area contributed by atoms with E-state index in [1.165, 1.54) is 0 Å². The van der Waals surface area contributed by atoms with Gasteiger partial charge in [-0.2, -0.15) is 0 Å². The van der Waals surface area contributed by atoms with Crippen LogP contribution in [0.25, 0.3) is 0 Å². The normalized spacial score (nSPS) is 17.2. The molecule has 2 aromatic carbocycles.